The van der Waals surface area contributed by atoms with Crippen LogP contribution in [0.3, 0.4) is 0 Å². The molecule has 2 aromatic heterocycles. The Kier molecular flexibility index (Phi) is 4.09. The van der Waals surface area contributed by atoms with Gasteiger partial charge < -0.3 is 4.42 Å². The van der Waals surface area contributed by atoms with Crippen molar-refractivity contribution in [2.45, 2.75) is 26.9 Å². The van der Waals surface area contributed by atoms with Gasteiger partial charge in [0.2, 0.25) is 0 Å². The van der Waals surface area contributed by atoms with Crippen molar-refractivity contribution in [2.75, 3.05) is 7.05 Å². The molecule has 3 aromatic rings. The molecule has 0 atom stereocenters. The second-order valence-electron chi connectivity index (χ2n) is 5.62. The highest BCUT2D eigenvalue weighted by molar-refractivity contribution is 7.09. The third kappa shape index (κ3) is 3.26. The van der Waals surface area contributed by atoms with Crippen LogP contribution >= 0.6 is 11.3 Å². The molecule has 2 heterocycles. The lowest BCUT2D eigenvalue weighted by Gasteiger charge is -2.16. The molecule has 0 N–H and O–H groups in total. The molecule has 1 aromatic carbocycles. The van der Waals surface area contributed by atoms with Crippen LogP contribution in [-0.2, 0) is 13.1 Å². The van der Waals surface area contributed by atoms with Crippen LogP contribution in [0.1, 0.15) is 21.8 Å². The highest BCUT2D eigenvalue weighted by Crippen LogP contribution is 2.20. The monoisotopic (exact) mass is 314 g/mol. The van der Waals surface area contributed by atoms with E-state index in [1.165, 1.54) is 0 Å². The molecule has 0 fully saturated rings. The molecule has 3 rings (SSSR count). The molecule has 0 saturated carbocycles. The second-order valence-corrected chi connectivity index (χ2v) is 6.68. The Hall–Kier alpha value is -1.98. The van der Waals surface area contributed by atoms with Gasteiger partial charge in [0.1, 0.15) is 5.58 Å². The standard InChI is InChI=1S/C17H18N2O2S/c1-11-4-5-15-13(7-17(20)21-16(15)6-11)8-19(3)9-14-10-22-12(2)18-14/h4-7,10H,8-9H2,1-3H3. The average Bonchev–Trinajstić information content (AvgIpc) is 2.83. The molecule has 0 amide bonds. The van der Waals surface area contributed by atoms with Gasteiger partial charge in [0.15, 0.2) is 0 Å². The van der Waals surface area contributed by atoms with E-state index in [1.54, 1.807) is 17.4 Å². The summed E-state index contributed by atoms with van der Waals surface area (Å²) >= 11 is 1.66. The molecule has 0 unspecified atom stereocenters. The Morgan fingerprint density at radius 3 is 2.77 bits per heavy atom. The summed E-state index contributed by atoms with van der Waals surface area (Å²) in [4.78, 5) is 18.4. The fourth-order valence-electron chi connectivity index (χ4n) is 2.57. The van der Waals surface area contributed by atoms with Crippen molar-refractivity contribution in [1.82, 2.24) is 9.88 Å². The van der Waals surface area contributed by atoms with Gasteiger partial charge in [-0.25, -0.2) is 9.78 Å². The SMILES string of the molecule is Cc1ccc2c(CN(C)Cc3csc(C)n3)cc(=O)oc2c1. The van der Waals surface area contributed by atoms with E-state index in [2.05, 4.69) is 15.3 Å². The van der Waals surface area contributed by atoms with Crippen LogP contribution in [0.25, 0.3) is 11.0 Å². The summed E-state index contributed by atoms with van der Waals surface area (Å²) in [5, 5.41) is 4.14. The molecule has 5 heteroatoms. The van der Waals surface area contributed by atoms with Gasteiger partial charge in [-0.1, -0.05) is 12.1 Å². The molecule has 0 aliphatic heterocycles. The first kappa shape index (κ1) is 14.9. The van der Waals surface area contributed by atoms with E-state index < -0.39 is 0 Å². The van der Waals surface area contributed by atoms with Crippen molar-refractivity contribution < 1.29 is 4.42 Å². The van der Waals surface area contributed by atoms with Crippen LogP contribution in [0.5, 0.6) is 0 Å². The summed E-state index contributed by atoms with van der Waals surface area (Å²) in [6, 6.07) is 7.55. The molecule has 0 saturated heterocycles. The number of hydrogen-bond donors (Lipinski definition) is 0. The van der Waals surface area contributed by atoms with Crippen molar-refractivity contribution in [3.8, 4) is 0 Å². The maximum absolute atomic E-state index is 11.8. The predicted molar refractivity (Wildman–Crippen MR) is 89.2 cm³/mol. The zero-order chi connectivity index (χ0) is 15.7. The summed E-state index contributed by atoms with van der Waals surface area (Å²) in [5.74, 6) is 0. The number of rotatable bonds is 4. The van der Waals surface area contributed by atoms with Crippen LogP contribution in [-0.4, -0.2) is 16.9 Å². The number of thiazole rings is 1. The van der Waals surface area contributed by atoms with Gasteiger partial charge in [-0.3, -0.25) is 4.90 Å². The quantitative estimate of drug-likeness (QED) is 0.692. The van der Waals surface area contributed by atoms with Gasteiger partial charge in [-0.2, -0.15) is 0 Å². The molecular weight excluding hydrogens is 296 g/mol. The summed E-state index contributed by atoms with van der Waals surface area (Å²) < 4.78 is 5.30. The third-order valence-electron chi connectivity index (χ3n) is 3.52. The number of benzene rings is 1. The smallest absolute Gasteiger partial charge is 0.336 e. The van der Waals surface area contributed by atoms with Crippen molar-refractivity contribution in [2.24, 2.45) is 0 Å². The van der Waals surface area contributed by atoms with E-state index >= 15 is 0 Å². The molecule has 0 radical (unpaired) electrons. The van der Waals surface area contributed by atoms with E-state index in [0.717, 1.165) is 33.8 Å². The van der Waals surface area contributed by atoms with E-state index in [0.29, 0.717) is 12.1 Å². The summed E-state index contributed by atoms with van der Waals surface area (Å²) in [5.41, 5.74) is 3.49. The Bertz CT molecular complexity index is 866. The fourth-order valence-corrected chi connectivity index (χ4v) is 3.18. The normalized spacial score (nSPS) is 11.5. The Morgan fingerprint density at radius 1 is 1.23 bits per heavy atom. The van der Waals surface area contributed by atoms with Gasteiger partial charge in [0.25, 0.3) is 0 Å². The van der Waals surface area contributed by atoms with E-state index in [-0.39, 0.29) is 5.63 Å². The molecule has 114 valence electrons. The number of nitrogens with zero attached hydrogens (tertiary/aromatic N) is 2. The summed E-state index contributed by atoms with van der Waals surface area (Å²) in [7, 11) is 2.03. The number of aryl methyl sites for hydroxylation is 2. The van der Waals surface area contributed by atoms with Gasteiger partial charge in [0, 0.05) is 29.9 Å². The zero-order valence-electron chi connectivity index (χ0n) is 12.9. The van der Waals surface area contributed by atoms with Crippen LogP contribution in [0, 0.1) is 13.8 Å². The second kappa shape index (κ2) is 6.02. The van der Waals surface area contributed by atoms with E-state index in [9.17, 15) is 4.79 Å². The Morgan fingerprint density at radius 2 is 2.05 bits per heavy atom. The lowest BCUT2D eigenvalue weighted by molar-refractivity contribution is 0.316. The predicted octanol–water partition coefficient (Wildman–Crippen LogP) is 3.50. The van der Waals surface area contributed by atoms with E-state index in [4.69, 9.17) is 4.42 Å². The fraction of sp³-hybridized carbons (Fsp3) is 0.294. The number of aromatic nitrogens is 1. The van der Waals surface area contributed by atoms with Gasteiger partial charge in [0.05, 0.1) is 10.7 Å². The lowest BCUT2D eigenvalue weighted by Crippen LogP contribution is -2.18. The molecule has 0 bridgehead atoms. The van der Waals surface area contributed by atoms with Crippen LogP contribution < -0.4 is 5.63 Å². The minimum atomic E-state index is -0.300. The highest BCUT2D eigenvalue weighted by Gasteiger charge is 2.10. The van der Waals surface area contributed by atoms with Gasteiger partial charge in [-0.05, 0) is 38.1 Å². The molecular formula is C17H18N2O2S. The Labute approximate surface area is 133 Å². The van der Waals surface area contributed by atoms with Gasteiger partial charge in [-0.15, -0.1) is 11.3 Å². The minimum absolute atomic E-state index is 0.300. The molecule has 4 nitrogen and oxygen atoms in total. The summed E-state index contributed by atoms with van der Waals surface area (Å²) in [6.07, 6.45) is 0. The van der Waals surface area contributed by atoms with Gasteiger partial charge >= 0.3 is 5.63 Å². The van der Waals surface area contributed by atoms with Crippen LogP contribution in [0.4, 0.5) is 0 Å². The Balaban J connectivity index is 1.88. The average molecular weight is 314 g/mol. The van der Waals surface area contributed by atoms with Crippen molar-refractivity contribution in [1.29, 1.82) is 0 Å². The van der Waals surface area contributed by atoms with E-state index in [1.807, 2.05) is 39.1 Å². The largest absolute Gasteiger partial charge is 0.423 e. The maximum Gasteiger partial charge on any atom is 0.336 e. The van der Waals surface area contributed by atoms with Crippen LogP contribution in [0.15, 0.2) is 38.9 Å². The third-order valence-corrected chi connectivity index (χ3v) is 4.35. The van der Waals surface area contributed by atoms with Crippen LogP contribution in [0.2, 0.25) is 0 Å². The molecule has 0 aliphatic carbocycles. The zero-order valence-corrected chi connectivity index (χ0v) is 13.7. The van der Waals surface area contributed by atoms with Crippen molar-refractivity contribution in [3.63, 3.8) is 0 Å². The molecule has 22 heavy (non-hydrogen) atoms. The number of hydrogen-bond acceptors (Lipinski definition) is 5. The van der Waals surface area contributed by atoms with Crippen molar-refractivity contribution >= 4 is 22.3 Å². The van der Waals surface area contributed by atoms with Crippen molar-refractivity contribution in [3.05, 3.63) is 61.9 Å². The minimum Gasteiger partial charge on any atom is -0.423 e. The highest BCUT2D eigenvalue weighted by atomic mass is 32.1. The molecule has 0 aliphatic rings. The lowest BCUT2D eigenvalue weighted by atomic mass is 10.1. The maximum atomic E-state index is 11.8. The first-order valence-electron chi connectivity index (χ1n) is 7.14. The topological polar surface area (TPSA) is 46.3 Å². The first-order chi connectivity index (χ1) is 10.5. The first-order valence-corrected chi connectivity index (χ1v) is 8.02. The molecule has 0 spiro atoms. The summed E-state index contributed by atoms with van der Waals surface area (Å²) in [6.45, 7) is 5.44. The number of fused-ring (bicyclic) bond motifs is 1.